The average Bonchev–Trinajstić information content (AvgIpc) is 3.40. The quantitative estimate of drug-likeness (QED) is 0.427. The predicted molar refractivity (Wildman–Crippen MR) is 132 cm³/mol. The summed E-state index contributed by atoms with van der Waals surface area (Å²) in [5.41, 5.74) is 3.62. The Morgan fingerprint density at radius 2 is 1.86 bits per heavy atom. The van der Waals surface area contributed by atoms with Gasteiger partial charge in [0.15, 0.2) is 5.78 Å². The molecule has 2 aliphatic rings. The molecule has 0 saturated heterocycles. The van der Waals surface area contributed by atoms with Crippen molar-refractivity contribution in [1.82, 2.24) is 5.32 Å². The lowest BCUT2D eigenvalue weighted by molar-refractivity contribution is -0.140. The van der Waals surface area contributed by atoms with Gasteiger partial charge in [0.2, 0.25) is 0 Å². The van der Waals surface area contributed by atoms with Crippen LogP contribution in [0.1, 0.15) is 59.3 Å². The van der Waals surface area contributed by atoms with Crippen LogP contribution in [0.15, 0.2) is 64.3 Å². The average molecular weight is 496 g/mol. The normalized spacial score (nSPS) is 19.8. The molecule has 0 fully saturated rings. The number of esters is 2. The Labute approximate surface area is 208 Å². The minimum Gasteiger partial charge on any atom is -0.465 e. The number of allylic oxidation sites excluding steroid dienone is 3. The van der Waals surface area contributed by atoms with Crippen molar-refractivity contribution in [2.75, 3.05) is 26.9 Å². The Morgan fingerprint density at radius 3 is 2.51 bits per heavy atom. The number of dihydropyridines is 1. The number of benzene rings is 1. The molecule has 2 aromatic rings. The molecule has 0 spiro atoms. The van der Waals surface area contributed by atoms with Gasteiger partial charge < -0.3 is 19.5 Å². The SMILES string of the molecule is CCOCCOC(=O)C1=C(C)NC2=C(C(=O)C[C@@H](c3cccs3)C2)[C@@H]1c1ccc(C(=O)OC)cc1. The zero-order chi connectivity index (χ0) is 24.9. The zero-order valence-electron chi connectivity index (χ0n) is 20.1. The summed E-state index contributed by atoms with van der Waals surface area (Å²) in [6.45, 7) is 4.66. The Hall–Kier alpha value is -3.23. The molecule has 35 heavy (non-hydrogen) atoms. The van der Waals surface area contributed by atoms with Crippen LogP contribution in [0.4, 0.5) is 0 Å². The molecule has 1 aliphatic heterocycles. The van der Waals surface area contributed by atoms with E-state index in [0.29, 0.717) is 48.5 Å². The maximum Gasteiger partial charge on any atom is 0.337 e. The Balaban J connectivity index is 1.72. The van der Waals surface area contributed by atoms with Crippen LogP contribution in [0, 0.1) is 0 Å². The van der Waals surface area contributed by atoms with E-state index in [1.807, 2.05) is 25.3 Å². The van der Waals surface area contributed by atoms with Gasteiger partial charge in [0.25, 0.3) is 0 Å². The lowest BCUT2D eigenvalue weighted by Gasteiger charge is -2.36. The molecule has 1 aliphatic carbocycles. The van der Waals surface area contributed by atoms with E-state index in [1.165, 1.54) is 12.0 Å². The third kappa shape index (κ3) is 5.23. The number of thiophene rings is 1. The summed E-state index contributed by atoms with van der Waals surface area (Å²) in [6.07, 6.45) is 1.06. The molecule has 1 N–H and O–H groups in total. The molecule has 7 nitrogen and oxygen atoms in total. The number of hydrogen-bond acceptors (Lipinski definition) is 8. The standard InChI is InChI=1S/C27H29NO6S/c1-4-33-11-12-34-27(31)23-16(2)28-20-14-19(22-6-5-13-35-22)15-21(29)25(20)24(23)17-7-9-18(10-8-17)26(30)32-3/h5-10,13,19,24,28H,4,11-12,14-15H2,1-3H3/t19-,24+/m0/s1. The molecule has 0 bridgehead atoms. The first kappa shape index (κ1) is 24.9. The number of carbonyl (C=O) groups excluding carboxylic acids is 3. The molecular formula is C27H29NO6S. The first-order valence-corrected chi connectivity index (χ1v) is 12.5. The zero-order valence-corrected chi connectivity index (χ0v) is 20.9. The van der Waals surface area contributed by atoms with Gasteiger partial charge in [-0.15, -0.1) is 11.3 Å². The number of rotatable bonds is 8. The van der Waals surface area contributed by atoms with Crippen LogP contribution < -0.4 is 5.32 Å². The van der Waals surface area contributed by atoms with Crippen LogP contribution in [0.25, 0.3) is 0 Å². The van der Waals surface area contributed by atoms with Crippen LogP contribution in [-0.4, -0.2) is 44.7 Å². The summed E-state index contributed by atoms with van der Waals surface area (Å²) in [5, 5.41) is 5.37. The Bertz CT molecular complexity index is 1160. The lowest BCUT2D eigenvalue weighted by atomic mass is 9.72. The highest BCUT2D eigenvalue weighted by Crippen LogP contribution is 2.46. The molecule has 2 heterocycles. The van der Waals surface area contributed by atoms with Gasteiger partial charge in [-0.3, -0.25) is 4.79 Å². The van der Waals surface area contributed by atoms with Crippen LogP contribution in [0.3, 0.4) is 0 Å². The molecule has 1 aromatic heterocycles. The van der Waals surface area contributed by atoms with E-state index in [4.69, 9.17) is 14.2 Å². The van der Waals surface area contributed by atoms with Gasteiger partial charge >= 0.3 is 11.9 Å². The summed E-state index contributed by atoms with van der Waals surface area (Å²) in [7, 11) is 1.33. The van der Waals surface area contributed by atoms with Crippen molar-refractivity contribution in [3.05, 3.63) is 80.3 Å². The summed E-state index contributed by atoms with van der Waals surface area (Å²) in [5.74, 6) is -1.42. The topological polar surface area (TPSA) is 90.9 Å². The summed E-state index contributed by atoms with van der Waals surface area (Å²) < 4.78 is 15.6. The summed E-state index contributed by atoms with van der Waals surface area (Å²) >= 11 is 1.65. The van der Waals surface area contributed by atoms with Crippen LogP contribution in [0.2, 0.25) is 0 Å². The van der Waals surface area contributed by atoms with Crippen molar-refractivity contribution in [2.45, 2.75) is 38.5 Å². The lowest BCUT2D eigenvalue weighted by Crippen LogP contribution is -2.36. The Morgan fingerprint density at radius 1 is 1.09 bits per heavy atom. The largest absolute Gasteiger partial charge is 0.465 e. The highest BCUT2D eigenvalue weighted by atomic mass is 32.1. The smallest absolute Gasteiger partial charge is 0.337 e. The third-order valence-corrected chi connectivity index (χ3v) is 7.36. The molecule has 4 rings (SSSR count). The molecule has 0 saturated carbocycles. The van der Waals surface area contributed by atoms with Gasteiger partial charge in [-0.2, -0.15) is 0 Å². The summed E-state index contributed by atoms with van der Waals surface area (Å²) in [6, 6.07) is 10.9. The first-order valence-electron chi connectivity index (χ1n) is 11.6. The number of ketones is 1. The molecule has 0 radical (unpaired) electrons. The van der Waals surface area contributed by atoms with Gasteiger partial charge in [-0.05, 0) is 49.4 Å². The van der Waals surface area contributed by atoms with E-state index in [1.54, 1.807) is 35.6 Å². The van der Waals surface area contributed by atoms with Gasteiger partial charge in [0.1, 0.15) is 6.61 Å². The van der Waals surface area contributed by atoms with Crippen LogP contribution in [-0.2, 0) is 23.8 Å². The number of ether oxygens (including phenoxy) is 3. The third-order valence-electron chi connectivity index (χ3n) is 6.32. The van der Waals surface area contributed by atoms with E-state index < -0.39 is 17.9 Å². The molecule has 1 aromatic carbocycles. The second kappa shape index (κ2) is 11.0. The number of methoxy groups -OCH3 is 1. The van der Waals surface area contributed by atoms with Crippen molar-refractivity contribution < 1.29 is 28.6 Å². The van der Waals surface area contributed by atoms with E-state index in [-0.39, 0.29) is 18.3 Å². The predicted octanol–water partition coefficient (Wildman–Crippen LogP) is 4.48. The fraction of sp³-hybridized carbons (Fsp3) is 0.370. The van der Waals surface area contributed by atoms with Crippen molar-refractivity contribution in [2.24, 2.45) is 0 Å². The van der Waals surface area contributed by atoms with Gasteiger partial charge in [0.05, 0.1) is 24.9 Å². The highest BCUT2D eigenvalue weighted by molar-refractivity contribution is 7.10. The number of carbonyl (C=O) groups is 3. The van der Waals surface area contributed by atoms with Crippen molar-refractivity contribution in [3.63, 3.8) is 0 Å². The molecule has 0 unspecified atom stereocenters. The maximum absolute atomic E-state index is 13.6. The number of Topliss-reactive ketones (excluding diaryl/α,β-unsaturated/α-hetero) is 1. The maximum atomic E-state index is 13.6. The molecular weight excluding hydrogens is 466 g/mol. The Kier molecular flexibility index (Phi) is 7.83. The molecule has 0 amide bonds. The summed E-state index contributed by atoms with van der Waals surface area (Å²) in [4.78, 5) is 39.9. The van der Waals surface area contributed by atoms with Crippen LogP contribution >= 0.6 is 11.3 Å². The minimum absolute atomic E-state index is 0.00584. The second-order valence-electron chi connectivity index (χ2n) is 8.48. The van der Waals surface area contributed by atoms with Gasteiger partial charge in [-0.25, -0.2) is 9.59 Å². The fourth-order valence-corrected chi connectivity index (χ4v) is 5.54. The molecule has 184 valence electrons. The van der Waals surface area contributed by atoms with E-state index in [0.717, 1.165) is 11.3 Å². The minimum atomic E-state index is -0.589. The van der Waals surface area contributed by atoms with E-state index in [2.05, 4.69) is 11.4 Å². The monoisotopic (exact) mass is 495 g/mol. The van der Waals surface area contributed by atoms with Gasteiger partial charge in [-0.1, -0.05) is 18.2 Å². The fourth-order valence-electron chi connectivity index (χ4n) is 4.71. The molecule has 2 atom stereocenters. The second-order valence-corrected chi connectivity index (χ2v) is 9.46. The van der Waals surface area contributed by atoms with Crippen LogP contribution in [0.5, 0.6) is 0 Å². The molecule has 8 heteroatoms. The van der Waals surface area contributed by atoms with Crippen molar-refractivity contribution >= 4 is 29.1 Å². The number of nitrogens with one attached hydrogen (secondary N) is 1. The van der Waals surface area contributed by atoms with E-state index >= 15 is 0 Å². The number of hydrogen-bond donors (Lipinski definition) is 1. The van der Waals surface area contributed by atoms with E-state index in [9.17, 15) is 14.4 Å². The first-order chi connectivity index (χ1) is 16.9. The van der Waals surface area contributed by atoms with Crippen molar-refractivity contribution in [1.29, 1.82) is 0 Å². The van der Waals surface area contributed by atoms with Gasteiger partial charge in [0, 0.05) is 46.7 Å². The highest BCUT2D eigenvalue weighted by Gasteiger charge is 2.41. The van der Waals surface area contributed by atoms with Crippen molar-refractivity contribution in [3.8, 4) is 0 Å².